The highest BCUT2D eigenvalue weighted by atomic mass is 16.5. The Morgan fingerprint density at radius 3 is 2.75 bits per heavy atom. The Hall–Kier alpha value is -0.120. The lowest BCUT2D eigenvalue weighted by molar-refractivity contribution is 0.00846. The molecular weight excluding hydrogens is 202 g/mol. The van der Waals surface area contributed by atoms with Crippen molar-refractivity contribution in [3.8, 4) is 0 Å². The predicted molar refractivity (Wildman–Crippen MR) is 64.5 cm³/mol. The zero-order valence-electron chi connectivity index (χ0n) is 10.4. The van der Waals surface area contributed by atoms with Crippen LogP contribution in [0.25, 0.3) is 0 Å². The summed E-state index contributed by atoms with van der Waals surface area (Å²) in [4.78, 5) is 0. The van der Waals surface area contributed by atoms with E-state index in [4.69, 9.17) is 4.74 Å². The Bertz CT molecular complexity index is 214. The molecule has 2 rings (SSSR count). The third-order valence-corrected chi connectivity index (χ3v) is 3.95. The molecule has 0 bridgehead atoms. The van der Waals surface area contributed by atoms with E-state index in [1.165, 1.54) is 19.3 Å². The van der Waals surface area contributed by atoms with Crippen molar-refractivity contribution >= 4 is 0 Å². The summed E-state index contributed by atoms with van der Waals surface area (Å²) in [6.07, 6.45) is 7.87. The van der Waals surface area contributed by atoms with Crippen LogP contribution < -0.4 is 5.32 Å². The van der Waals surface area contributed by atoms with Gasteiger partial charge in [-0.2, -0.15) is 0 Å². The Morgan fingerprint density at radius 2 is 2.00 bits per heavy atom. The van der Waals surface area contributed by atoms with Gasteiger partial charge in [0.05, 0.1) is 12.7 Å². The number of aliphatic hydroxyl groups is 1. The summed E-state index contributed by atoms with van der Waals surface area (Å²) in [6, 6.07) is 0.272. The fraction of sp³-hybridized carbons (Fsp3) is 1.00. The van der Waals surface area contributed by atoms with Crippen LogP contribution in [0.2, 0.25) is 0 Å². The first kappa shape index (κ1) is 12.3. The number of ether oxygens (including phenoxy) is 1. The van der Waals surface area contributed by atoms with Crippen LogP contribution in [0.5, 0.6) is 0 Å². The topological polar surface area (TPSA) is 41.5 Å². The maximum atomic E-state index is 10.1. The van der Waals surface area contributed by atoms with Crippen LogP contribution >= 0.6 is 0 Å². The highest BCUT2D eigenvalue weighted by Crippen LogP contribution is 2.24. The molecule has 2 aliphatic rings. The molecule has 3 unspecified atom stereocenters. The molecule has 94 valence electrons. The summed E-state index contributed by atoms with van der Waals surface area (Å²) in [5.41, 5.74) is 0.0776. The van der Waals surface area contributed by atoms with Crippen LogP contribution in [0.4, 0.5) is 0 Å². The van der Waals surface area contributed by atoms with Crippen molar-refractivity contribution in [3.63, 3.8) is 0 Å². The molecule has 0 amide bonds. The summed E-state index contributed by atoms with van der Waals surface area (Å²) in [6.45, 7) is 3.91. The smallest absolute Gasteiger partial charge is 0.0693 e. The SMILES string of the molecule is CC1(NC2CCCCCC2O)CCCOC1. The van der Waals surface area contributed by atoms with Crippen molar-refractivity contribution in [2.45, 2.75) is 69.6 Å². The maximum Gasteiger partial charge on any atom is 0.0693 e. The summed E-state index contributed by atoms with van der Waals surface area (Å²) < 4.78 is 5.55. The van der Waals surface area contributed by atoms with Crippen molar-refractivity contribution in [2.24, 2.45) is 0 Å². The zero-order chi connectivity index (χ0) is 11.4. The van der Waals surface area contributed by atoms with E-state index in [9.17, 15) is 5.11 Å². The molecule has 1 heterocycles. The second-order valence-electron chi connectivity index (χ2n) is 5.67. The van der Waals surface area contributed by atoms with Gasteiger partial charge in [-0.05, 0) is 32.6 Å². The molecule has 1 aliphatic heterocycles. The van der Waals surface area contributed by atoms with Crippen LogP contribution in [-0.4, -0.2) is 36.0 Å². The van der Waals surface area contributed by atoms with E-state index < -0.39 is 0 Å². The molecule has 3 nitrogen and oxygen atoms in total. The van der Waals surface area contributed by atoms with E-state index >= 15 is 0 Å². The number of aliphatic hydroxyl groups excluding tert-OH is 1. The van der Waals surface area contributed by atoms with Gasteiger partial charge in [0.25, 0.3) is 0 Å². The second kappa shape index (κ2) is 5.48. The first-order chi connectivity index (χ1) is 7.70. The quantitative estimate of drug-likeness (QED) is 0.707. The molecular formula is C13H25NO2. The van der Waals surface area contributed by atoms with E-state index in [2.05, 4.69) is 12.2 Å². The lowest BCUT2D eigenvalue weighted by Gasteiger charge is -2.39. The molecule has 3 atom stereocenters. The lowest BCUT2D eigenvalue weighted by atomic mass is 9.92. The van der Waals surface area contributed by atoms with Gasteiger partial charge in [-0.15, -0.1) is 0 Å². The van der Waals surface area contributed by atoms with Crippen LogP contribution in [0, 0.1) is 0 Å². The average Bonchev–Trinajstić information content (AvgIpc) is 2.45. The molecule has 0 aromatic carbocycles. The molecule has 3 heteroatoms. The van der Waals surface area contributed by atoms with E-state index in [-0.39, 0.29) is 17.7 Å². The highest BCUT2D eigenvalue weighted by molar-refractivity contribution is 4.91. The van der Waals surface area contributed by atoms with E-state index in [0.717, 1.165) is 38.9 Å². The van der Waals surface area contributed by atoms with Gasteiger partial charge in [0.1, 0.15) is 0 Å². The van der Waals surface area contributed by atoms with Crippen LogP contribution in [0.3, 0.4) is 0 Å². The standard InChI is InChI=1S/C13H25NO2/c1-13(8-5-9-16-10-13)14-11-6-3-2-4-7-12(11)15/h11-12,14-15H,2-10H2,1H3. The molecule has 2 fully saturated rings. The third kappa shape index (κ3) is 3.19. The van der Waals surface area contributed by atoms with Gasteiger partial charge < -0.3 is 15.2 Å². The largest absolute Gasteiger partial charge is 0.392 e. The lowest BCUT2D eigenvalue weighted by Crippen LogP contribution is -2.56. The van der Waals surface area contributed by atoms with Crippen LogP contribution in [-0.2, 0) is 4.74 Å². The number of hydrogen-bond acceptors (Lipinski definition) is 3. The minimum atomic E-state index is -0.166. The molecule has 0 spiro atoms. The molecule has 0 radical (unpaired) electrons. The maximum absolute atomic E-state index is 10.1. The van der Waals surface area contributed by atoms with Crippen LogP contribution in [0.15, 0.2) is 0 Å². The molecule has 1 aliphatic carbocycles. The monoisotopic (exact) mass is 227 g/mol. The second-order valence-corrected chi connectivity index (χ2v) is 5.67. The summed E-state index contributed by atoms with van der Waals surface area (Å²) in [5.74, 6) is 0. The van der Waals surface area contributed by atoms with Crippen molar-refractivity contribution in [1.29, 1.82) is 0 Å². The summed E-state index contributed by atoms with van der Waals surface area (Å²) in [5, 5.41) is 13.7. The van der Waals surface area contributed by atoms with Crippen molar-refractivity contribution in [2.75, 3.05) is 13.2 Å². The predicted octanol–water partition coefficient (Wildman–Crippen LogP) is 1.84. The third-order valence-electron chi connectivity index (χ3n) is 3.95. The van der Waals surface area contributed by atoms with Crippen molar-refractivity contribution in [3.05, 3.63) is 0 Å². The highest BCUT2D eigenvalue weighted by Gasteiger charge is 2.32. The number of nitrogens with one attached hydrogen (secondary N) is 1. The first-order valence-corrected chi connectivity index (χ1v) is 6.73. The zero-order valence-corrected chi connectivity index (χ0v) is 10.4. The van der Waals surface area contributed by atoms with E-state index in [1.54, 1.807) is 0 Å². The van der Waals surface area contributed by atoms with E-state index in [1.807, 2.05) is 0 Å². The van der Waals surface area contributed by atoms with Gasteiger partial charge in [0.15, 0.2) is 0 Å². The molecule has 0 aromatic rings. The van der Waals surface area contributed by atoms with Gasteiger partial charge in [-0.3, -0.25) is 0 Å². The Kier molecular flexibility index (Phi) is 4.22. The number of rotatable bonds is 2. The van der Waals surface area contributed by atoms with E-state index in [0.29, 0.717) is 0 Å². The van der Waals surface area contributed by atoms with Crippen molar-refractivity contribution < 1.29 is 9.84 Å². The van der Waals surface area contributed by atoms with Crippen molar-refractivity contribution in [1.82, 2.24) is 5.32 Å². The summed E-state index contributed by atoms with van der Waals surface area (Å²) in [7, 11) is 0. The minimum absolute atomic E-state index is 0.0776. The Labute approximate surface area is 98.6 Å². The molecule has 1 saturated heterocycles. The normalized spacial score (nSPS) is 41.6. The fourth-order valence-electron chi connectivity index (χ4n) is 2.95. The van der Waals surface area contributed by atoms with Gasteiger partial charge in [0.2, 0.25) is 0 Å². The van der Waals surface area contributed by atoms with Gasteiger partial charge in [0, 0.05) is 18.2 Å². The van der Waals surface area contributed by atoms with Gasteiger partial charge in [-0.1, -0.05) is 19.3 Å². The number of hydrogen-bond donors (Lipinski definition) is 2. The molecule has 0 aromatic heterocycles. The first-order valence-electron chi connectivity index (χ1n) is 6.73. The Balaban J connectivity index is 1.90. The Morgan fingerprint density at radius 1 is 1.19 bits per heavy atom. The molecule has 1 saturated carbocycles. The summed E-state index contributed by atoms with van der Waals surface area (Å²) >= 11 is 0. The van der Waals surface area contributed by atoms with Gasteiger partial charge >= 0.3 is 0 Å². The fourth-order valence-corrected chi connectivity index (χ4v) is 2.95. The molecule has 16 heavy (non-hydrogen) atoms. The minimum Gasteiger partial charge on any atom is -0.392 e. The van der Waals surface area contributed by atoms with Gasteiger partial charge in [-0.25, -0.2) is 0 Å². The van der Waals surface area contributed by atoms with Crippen LogP contribution in [0.1, 0.15) is 51.9 Å². The molecule has 2 N–H and O–H groups in total. The average molecular weight is 227 g/mol.